The maximum Gasteiger partial charge on any atom is 0.255 e. The molecule has 0 saturated carbocycles. The van der Waals surface area contributed by atoms with Crippen LogP contribution in [0.25, 0.3) is 11.3 Å². The first-order valence-corrected chi connectivity index (χ1v) is 7.47. The molecule has 0 bridgehead atoms. The number of nitrogens with one attached hydrogen (secondary N) is 1. The van der Waals surface area contributed by atoms with Crippen molar-refractivity contribution in [3.63, 3.8) is 0 Å². The number of amides is 1. The number of thiazole rings is 1. The van der Waals surface area contributed by atoms with Gasteiger partial charge in [-0.1, -0.05) is 0 Å². The smallest absolute Gasteiger partial charge is 0.255 e. The summed E-state index contributed by atoms with van der Waals surface area (Å²) in [7, 11) is 0. The van der Waals surface area contributed by atoms with Crippen LogP contribution in [0.1, 0.15) is 24.4 Å². The van der Waals surface area contributed by atoms with Crippen molar-refractivity contribution in [1.82, 2.24) is 4.98 Å². The molecule has 1 aliphatic heterocycles. The minimum atomic E-state index is -0.333. The molecular formula is C14H16N2O3S. The van der Waals surface area contributed by atoms with Gasteiger partial charge in [-0.2, -0.15) is 0 Å². The molecule has 6 heteroatoms. The van der Waals surface area contributed by atoms with Crippen molar-refractivity contribution >= 4 is 22.4 Å². The van der Waals surface area contributed by atoms with Gasteiger partial charge in [0.05, 0.1) is 5.69 Å². The van der Waals surface area contributed by atoms with Crippen molar-refractivity contribution in [3.05, 3.63) is 23.0 Å². The van der Waals surface area contributed by atoms with Gasteiger partial charge < -0.3 is 9.15 Å². The van der Waals surface area contributed by atoms with Crippen molar-refractivity contribution in [3.8, 4) is 11.3 Å². The summed E-state index contributed by atoms with van der Waals surface area (Å²) >= 11 is 1.41. The number of rotatable bonds is 3. The largest absolute Gasteiger partial charge is 0.466 e. The Hall–Kier alpha value is -1.66. The summed E-state index contributed by atoms with van der Waals surface area (Å²) in [6.07, 6.45) is 1.39. The maximum atomic E-state index is 11.9. The molecule has 0 aliphatic carbocycles. The van der Waals surface area contributed by atoms with E-state index in [4.69, 9.17) is 9.15 Å². The highest BCUT2D eigenvalue weighted by Gasteiger charge is 2.24. The maximum absolute atomic E-state index is 11.9. The first kappa shape index (κ1) is 13.3. The molecule has 1 fully saturated rings. The van der Waals surface area contributed by atoms with Gasteiger partial charge in [-0.15, -0.1) is 11.3 Å². The van der Waals surface area contributed by atoms with Crippen molar-refractivity contribution < 1.29 is 13.9 Å². The summed E-state index contributed by atoms with van der Waals surface area (Å²) in [4.78, 5) is 16.4. The second-order valence-electron chi connectivity index (χ2n) is 4.86. The van der Waals surface area contributed by atoms with E-state index in [1.54, 1.807) is 0 Å². The van der Waals surface area contributed by atoms with Gasteiger partial charge in [0.2, 0.25) is 0 Å². The average Bonchev–Trinajstić information content (AvgIpc) is 3.10. The Kier molecular flexibility index (Phi) is 3.58. The lowest BCUT2D eigenvalue weighted by Gasteiger charge is -2.07. The van der Waals surface area contributed by atoms with Crippen LogP contribution in [0.5, 0.6) is 0 Å². The van der Waals surface area contributed by atoms with E-state index in [9.17, 15) is 4.79 Å². The minimum Gasteiger partial charge on any atom is -0.466 e. The number of anilines is 1. The molecule has 1 amide bonds. The molecule has 1 atom stereocenters. The fraction of sp³-hybridized carbons (Fsp3) is 0.429. The van der Waals surface area contributed by atoms with E-state index in [-0.39, 0.29) is 12.0 Å². The number of ether oxygens (including phenoxy) is 1. The van der Waals surface area contributed by atoms with E-state index in [0.717, 1.165) is 35.6 Å². The van der Waals surface area contributed by atoms with Gasteiger partial charge in [-0.25, -0.2) is 4.98 Å². The van der Waals surface area contributed by atoms with Crippen LogP contribution in [0.15, 0.2) is 15.9 Å². The summed E-state index contributed by atoms with van der Waals surface area (Å²) in [5, 5.41) is 5.33. The number of furan rings is 1. The van der Waals surface area contributed by atoms with Crippen molar-refractivity contribution in [2.24, 2.45) is 0 Å². The van der Waals surface area contributed by atoms with Crippen LogP contribution in [-0.2, 0) is 9.53 Å². The molecule has 106 valence electrons. The van der Waals surface area contributed by atoms with Gasteiger partial charge in [-0.05, 0) is 32.8 Å². The summed E-state index contributed by atoms with van der Waals surface area (Å²) in [6, 6.07) is 1.95. The Bertz CT molecular complexity index is 626. The summed E-state index contributed by atoms with van der Waals surface area (Å²) < 4.78 is 10.8. The lowest BCUT2D eigenvalue weighted by Crippen LogP contribution is -2.26. The Morgan fingerprint density at radius 1 is 1.50 bits per heavy atom. The van der Waals surface area contributed by atoms with Gasteiger partial charge in [-0.3, -0.25) is 10.1 Å². The number of carbonyl (C=O) groups is 1. The predicted molar refractivity (Wildman–Crippen MR) is 76.9 cm³/mol. The molecule has 2 aromatic rings. The number of aromatic nitrogens is 1. The zero-order valence-electron chi connectivity index (χ0n) is 11.4. The van der Waals surface area contributed by atoms with Crippen LogP contribution >= 0.6 is 11.3 Å². The van der Waals surface area contributed by atoms with Gasteiger partial charge in [0.15, 0.2) is 5.13 Å². The normalized spacial score (nSPS) is 18.4. The number of hydrogen-bond acceptors (Lipinski definition) is 5. The SMILES string of the molecule is Cc1cc(-c2csc(NC(=O)C3CCCO3)n2)c(C)o1. The van der Waals surface area contributed by atoms with E-state index in [2.05, 4.69) is 10.3 Å². The van der Waals surface area contributed by atoms with Crippen LogP contribution in [0.2, 0.25) is 0 Å². The molecule has 20 heavy (non-hydrogen) atoms. The van der Waals surface area contributed by atoms with E-state index in [0.29, 0.717) is 11.7 Å². The monoisotopic (exact) mass is 292 g/mol. The first-order chi connectivity index (χ1) is 9.63. The quantitative estimate of drug-likeness (QED) is 0.944. The van der Waals surface area contributed by atoms with Crippen molar-refractivity contribution in [2.45, 2.75) is 32.8 Å². The van der Waals surface area contributed by atoms with Gasteiger partial charge >= 0.3 is 0 Å². The number of hydrogen-bond donors (Lipinski definition) is 1. The van der Waals surface area contributed by atoms with E-state index in [1.165, 1.54) is 11.3 Å². The fourth-order valence-corrected chi connectivity index (χ4v) is 3.02. The highest BCUT2D eigenvalue weighted by atomic mass is 32.1. The fourth-order valence-electron chi connectivity index (χ4n) is 2.31. The number of carbonyl (C=O) groups excluding carboxylic acids is 1. The molecule has 0 radical (unpaired) electrons. The lowest BCUT2D eigenvalue weighted by atomic mass is 10.2. The van der Waals surface area contributed by atoms with Gasteiger partial charge in [0, 0.05) is 17.6 Å². The highest BCUT2D eigenvalue weighted by Crippen LogP contribution is 2.29. The minimum absolute atomic E-state index is 0.108. The molecule has 2 aromatic heterocycles. The third-order valence-electron chi connectivity index (χ3n) is 3.27. The molecule has 1 aliphatic rings. The molecule has 1 saturated heterocycles. The van der Waals surface area contributed by atoms with Gasteiger partial charge in [0.25, 0.3) is 5.91 Å². The first-order valence-electron chi connectivity index (χ1n) is 6.59. The molecule has 3 heterocycles. The molecule has 0 aromatic carbocycles. The van der Waals surface area contributed by atoms with Crippen molar-refractivity contribution in [2.75, 3.05) is 11.9 Å². The van der Waals surface area contributed by atoms with E-state index < -0.39 is 0 Å². The summed E-state index contributed by atoms with van der Waals surface area (Å²) in [5.74, 6) is 1.59. The summed E-state index contributed by atoms with van der Waals surface area (Å²) in [5.41, 5.74) is 1.79. The molecular weight excluding hydrogens is 276 g/mol. The molecule has 3 rings (SSSR count). The van der Waals surface area contributed by atoms with Crippen molar-refractivity contribution in [1.29, 1.82) is 0 Å². The Labute approximate surface area is 121 Å². The van der Waals surface area contributed by atoms with E-state index in [1.807, 2.05) is 25.3 Å². The molecule has 0 spiro atoms. The highest BCUT2D eigenvalue weighted by molar-refractivity contribution is 7.14. The molecule has 1 unspecified atom stereocenters. The lowest BCUT2D eigenvalue weighted by molar-refractivity contribution is -0.124. The Morgan fingerprint density at radius 2 is 2.35 bits per heavy atom. The zero-order valence-corrected chi connectivity index (χ0v) is 12.3. The average molecular weight is 292 g/mol. The molecule has 1 N–H and O–H groups in total. The molecule has 5 nitrogen and oxygen atoms in total. The predicted octanol–water partition coefficient (Wildman–Crippen LogP) is 3.14. The van der Waals surface area contributed by atoms with E-state index >= 15 is 0 Å². The second-order valence-corrected chi connectivity index (χ2v) is 5.71. The Balaban J connectivity index is 1.73. The third kappa shape index (κ3) is 2.62. The van der Waals surface area contributed by atoms with Crippen LogP contribution < -0.4 is 5.32 Å². The Morgan fingerprint density at radius 3 is 3.00 bits per heavy atom. The topological polar surface area (TPSA) is 64.4 Å². The second kappa shape index (κ2) is 5.38. The third-order valence-corrected chi connectivity index (χ3v) is 4.03. The van der Waals surface area contributed by atoms with Gasteiger partial charge in [0.1, 0.15) is 17.6 Å². The zero-order chi connectivity index (χ0) is 14.1. The van der Waals surface area contributed by atoms with Crippen LogP contribution in [0.4, 0.5) is 5.13 Å². The van der Waals surface area contributed by atoms with Crippen LogP contribution in [0, 0.1) is 13.8 Å². The number of nitrogens with zero attached hydrogens (tertiary/aromatic N) is 1. The van der Waals surface area contributed by atoms with Crippen LogP contribution in [0.3, 0.4) is 0 Å². The number of aryl methyl sites for hydroxylation is 2. The standard InChI is InChI=1S/C14H16N2O3S/c1-8-6-10(9(2)19-8)11-7-20-14(15-11)16-13(17)12-4-3-5-18-12/h6-7,12H,3-5H2,1-2H3,(H,15,16,17). The summed E-state index contributed by atoms with van der Waals surface area (Å²) in [6.45, 7) is 4.48. The van der Waals surface area contributed by atoms with Crippen LogP contribution in [-0.4, -0.2) is 23.6 Å².